The number of imidazole rings is 1. The number of rotatable bonds is 4. The SMILES string of the molecule is Cc1n[nH]c(C)c1CNC(=O)c1cnc2c(c1)ncn2C(C)C. The molecule has 3 rings (SSSR count). The molecule has 0 aromatic carbocycles. The van der Waals surface area contributed by atoms with Gasteiger partial charge in [0.1, 0.15) is 5.52 Å². The van der Waals surface area contributed by atoms with Crippen LogP contribution < -0.4 is 5.32 Å². The molecular weight excluding hydrogens is 292 g/mol. The standard InChI is InChI=1S/C16H20N6O/c1-9(2)22-8-19-14-5-12(6-17-15(14)22)16(23)18-7-13-10(3)20-21-11(13)4/h5-6,8-9H,7H2,1-4H3,(H,18,23)(H,20,21). The van der Waals surface area contributed by atoms with E-state index in [0.717, 1.165) is 28.1 Å². The maximum absolute atomic E-state index is 12.3. The Bertz CT molecular complexity index is 841. The zero-order chi connectivity index (χ0) is 16.6. The van der Waals surface area contributed by atoms with Gasteiger partial charge in [-0.05, 0) is 33.8 Å². The van der Waals surface area contributed by atoms with E-state index in [0.29, 0.717) is 12.1 Å². The van der Waals surface area contributed by atoms with Gasteiger partial charge >= 0.3 is 0 Å². The van der Waals surface area contributed by atoms with Crippen molar-refractivity contribution < 1.29 is 4.79 Å². The number of hydrogen-bond donors (Lipinski definition) is 2. The third kappa shape index (κ3) is 2.81. The molecule has 7 nitrogen and oxygen atoms in total. The van der Waals surface area contributed by atoms with Gasteiger partial charge in [-0.2, -0.15) is 5.10 Å². The maximum atomic E-state index is 12.3. The fourth-order valence-corrected chi connectivity index (χ4v) is 2.53. The first-order valence-electron chi connectivity index (χ1n) is 7.58. The van der Waals surface area contributed by atoms with E-state index in [-0.39, 0.29) is 11.9 Å². The molecular formula is C16H20N6O. The van der Waals surface area contributed by atoms with Crippen LogP contribution in [0.15, 0.2) is 18.6 Å². The zero-order valence-electron chi connectivity index (χ0n) is 13.7. The molecule has 7 heteroatoms. The minimum atomic E-state index is -0.168. The summed E-state index contributed by atoms with van der Waals surface area (Å²) in [6.07, 6.45) is 3.34. The van der Waals surface area contributed by atoms with Crippen LogP contribution in [-0.2, 0) is 6.54 Å². The first-order valence-corrected chi connectivity index (χ1v) is 7.58. The Morgan fingerprint density at radius 3 is 2.78 bits per heavy atom. The van der Waals surface area contributed by atoms with Gasteiger partial charge < -0.3 is 9.88 Å². The average Bonchev–Trinajstić information content (AvgIpc) is 3.08. The quantitative estimate of drug-likeness (QED) is 0.773. The zero-order valence-corrected chi connectivity index (χ0v) is 13.7. The summed E-state index contributed by atoms with van der Waals surface area (Å²) in [4.78, 5) is 21.0. The van der Waals surface area contributed by atoms with Crippen LogP contribution in [0.25, 0.3) is 11.2 Å². The van der Waals surface area contributed by atoms with Crippen LogP contribution >= 0.6 is 0 Å². The average molecular weight is 312 g/mol. The summed E-state index contributed by atoms with van der Waals surface area (Å²) in [7, 11) is 0. The molecule has 3 aromatic rings. The molecule has 0 radical (unpaired) electrons. The van der Waals surface area contributed by atoms with Gasteiger partial charge in [-0.1, -0.05) is 0 Å². The summed E-state index contributed by atoms with van der Waals surface area (Å²) in [6.45, 7) is 8.42. The Balaban J connectivity index is 1.79. The third-order valence-electron chi connectivity index (χ3n) is 3.94. The number of carbonyl (C=O) groups excluding carboxylic acids is 1. The molecule has 1 amide bonds. The maximum Gasteiger partial charge on any atom is 0.253 e. The van der Waals surface area contributed by atoms with Crippen molar-refractivity contribution in [3.05, 3.63) is 41.1 Å². The van der Waals surface area contributed by atoms with Crippen molar-refractivity contribution in [2.75, 3.05) is 0 Å². The highest BCUT2D eigenvalue weighted by Gasteiger charge is 2.13. The van der Waals surface area contributed by atoms with Crippen molar-refractivity contribution >= 4 is 17.1 Å². The Kier molecular flexibility index (Phi) is 3.85. The lowest BCUT2D eigenvalue weighted by atomic mass is 10.2. The largest absolute Gasteiger partial charge is 0.348 e. The Morgan fingerprint density at radius 2 is 2.13 bits per heavy atom. The predicted octanol–water partition coefficient (Wildman–Crippen LogP) is 2.28. The van der Waals surface area contributed by atoms with Crippen molar-refractivity contribution in [2.24, 2.45) is 0 Å². The number of H-pyrrole nitrogens is 1. The van der Waals surface area contributed by atoms with Crippen molar-refractivity contribution in [1.29, 1.82) is 0 Å². The van der Waals surface area contributed by atoms with Crippen molar-refractivity contribution in [3.63, 3.8) is 0 Å². The molecule has 2 N–H and O–H groups in total. The summed E-state index contributed by atoms with van der Waals surface area (Å²) >= 11 is 0. The fourth-order valence-electron chi connectivity index (χ4n) is 2.53. The smallest absolute Gasteiger partial charge is 0.253 e. The second kappa shape index (κ2) is 5.83. The molecule has 0 fully saturated rings. The molecule has 0 spiro atoms. The first-order chi connectivity index (χ1) is 11.0. The van der Waals surface area contributed by atoms with E-state index < -0.39 is 0 Å². The molecule has 0 aliphatic carbocycles. The summed E-state index contributed by atoms with van der Waals surface area (Å²) in [5.74, 6) is -0.168. The number of fused-ring (bicyclic) bond motifs is 1. The van der Waals surface area contributed by atoms with Gasteiger partial charge in [-0.25, -0.2) is 9.97 Å². The van der Waals surface area contributed by atoms with Gasteiger partial charge in [0.15, 0.2) is 5.65 Å². The van der Waals surface area contributed by atoms with Crippen molar-refractivity contribution in [3.8, 4) is 0 Å². The first kappa shape index (κ1) is 15.2. The van der Waals surface area contributed by atoms with Crippen LogP contribution in [0.1, 0.15) is 47.2 Å². The molecule has 0 aliphatic rings. The summed E-state index contributed by atoms with van der Waals surface area (Å²) in [5.41, 5.74) is 4.89. The lowest BCUT2D eigenvalue weighted by Gasteiger charge is -2.08. The van der Waals surface area contributed by atoms with Crippen LogP contribution in [-0.4, -0.2) is 30.6 Å². The Hall–Kier alpha value is -2.70. The van der Waals surface area contributed by atoms with Gasteiger partial charge in [-0.3, -0.25) is 9.89 Å². The lowest BCUT2D eigenvalue weighted by Crippen LogP contribution is -2.23. The predicted molar refractivity (Wildman–Crippen MR) is 87.1 cm³/mol. The minimum absolute atomic E-state index is 0.168. The molecule has 0 saturated carbocycles. The number of aryl methyl sites for hydroxylation is 2. The molecule has 23 heavy (non-hydrogen) atoms. The summed E-state index contributed by atoms with van der Waals surface area (Å²) in [6, 6.07) is 2.05. The van der Waals surface area contributed by atoms with E-state index in [1.54, 1.807) is 18.6 Å². The number of carbonyl (C=O) groups is 1. The van der Waals surface area contributed by atoms with E-state index in [9.17, 15) is 4.79 Å². The number of aromatic amines is 1. The van der Waals surface area contributed by atoms with E-state index in [2.05, 4.69) is 39.3 Å². The van der Waals surface area contributed by atoms with E-state index >= 15 is 0 Å². The Labute approximate surface area is 134 Å². The second-order valence-electron chi connectivity index (χ2n) is 5.91. The molecule has 120 valence electrons. The Morgan fingerprint density at radius 1 is 1.35 bits per heavy atom. The second-order valence-corrected chi connectivity index (χ2v) is 5.91. The number of nitrogens with one attached hydrogen (secondary N) is 2. The van der Waals surface area contributed by atoms with Crippen LogP contribution in [0.5, 0.6) is 0 Å². The number of nitrogens with zero attached hydrogens (tertiary/aromatic N) is 4. The van der Waals surface area contributed by atoms with Gasteiger partial charge in [0.05, 0.1) is 17.6 Å². The molecule has 0 atom stereocenters. The van der Waals surface area contributed by atoms with E-state index in [4.69, 9.17) is 0 Å². The van der Waals surface area contributed by atoms with Crippen LogP contribution in [0, 0.1) is 13.8 Å². The van der Waals surface area contributed by atoms with Crippen molar-refractivity contribution in [1.82, 2.24) is 30.0 Å². The van der Waals surface area contributed by atoms with E-state index in [1.165, 1.54) is 0 Å². The number of hydrogen-bond acceptors (Lipinski definition) is 4. The monoisotopic (exact) mass is 312 g/mol. The molecule has 0 aliphatic heterocycles. The molecule has 3 aromatic heterocycles. The minimum Gasteiger partial charge on any atom is -0.348 e. The van der Waals surface area contributed by atoms with Gasteiger partial charge in [0.2, 0.25) is 0 Å². The van der Waals surface area contributed by atoms with E-state index in [1.807, 2.05) is 18.4 Å². The highest BCUT2D eigenvalue weighted by Crippen LogP contribution is 2.16. The third-order valence-corrected chi connectivity index (χ3v) is 3.94. The summed E-state index contributed by atoms with van der Waals surface area (Å²) in [5, 5.41) is 9.94. The topological polar surface area (TPSA) is 88.5 Å². The highest BCUT2D eigenvalue weighted by molar-refractivity contribution is 5.96. The fraction of sp³-hybridized carbons (Fsp3) is 0.375. The molecule has 3 heterocycles. The van der Waals surface area contributed by atoms with Crippen LogP contribution in [0.4, 0.5) is 0 Å². The molecule has 0 saturated heterocycles. The van der Waals surface area contributed by atoms with Gasteiger partial charge in [-0.15, -0.1) is 0 Å². The van der Waals surface area contributed by atoms with Gasteiger partial charge in [0, 0.05) is 30.0 Å². The molecule has 0 unspecified atom stereocenters. The summed E-state index contributed by atoms with van der Waals surface area (Å²) < 4.78 is 1.98. The van der Waals surface area contributed by atoms with Crippen LogP contribution in [0.3, 0.4) is 0 Å². The number of aromatic nitrogens is 5. The lowest BCUT2D eigenvalue weighted by molar-refractivity contribution is 0.0950. The number of pyridine rings is 1. The van der Waals surface area contributed by atoms with Crippen LogP contribution in [0.2, 0.25) is 0 Å². The number of amides is 1. The van der Waals surface area contributed by atoms with Crippen molar-refractivity contribution in [2.45, 2.75) is 40.3 Å². The van der Waals surface area contributed by atoms with Gasteiger partial charge in [0.25, 0.3) is 5.91 Å². The normalized spacial score (nSPS) is 11.3. The highest BCUT2D eigenvalue weighted by atomic mass is 16.1. The molecule has 0 bridgehead atoms.